The fourth-order valence-electron chi connectivity index (χ4n) is 1.61. The number of aryl methyl sites for hydroxylation is 1. The summed E-state index contributed by atoms with van der Waals surface area (Å²) in [7, 11) is -2.87. The molecular weight excluding hydrogens is 324 g/mol. The van der Waals surface area contributed by atoms with Crippen molar-refractivity contribution in [2.45, 2.75) is 25.7 Å². The van der Waals surface area contributed by atoms with E-state index in [9.17, 15) is 18.0 Å². The maximum absolute atomic E-state index is 12.1. The predicted molar refractivity (Wildman–Crippen MR) is 83.0 cm³/mol. The molecule has 0 unspecified atom stereocenters. The summed E-state index contributed by atoms with van der Waals surface area (Å²) in [6.07, 6.45) is 0. The van der Waals surface area contributed by atoms with Gasteiger partial charge in [0, 0.05) is 0 Å². The molecule has 1 heterocycles. The zero-order chi connectivity index (χ0) is 17.6. The third-order valence-corrected chi connectivity index (χ3v) is 4.07. The lowest BCUT2D eigenvalue weighted by Gasteiger charge is -2.08. The molecule has 9 nitrogen and oxygen atoms in total. The molecule has 0 radical (unpaired) electrons. The molecule has 126 valence electrons. The molecule has 23 heavy (non-hydrogen) atoms. The summed E-state index contributed by atoms with van der Waals surface area (Å²) in [4.78, 5) is 25.3. The first-order chi connectivity index (χ1) is 10.8. The van der Waals surface area contributed by atoms with Gasteiger partial charge in [-0.15, -0.1) is 9.78 Å². The summed E-state index contributed by atoms with van der Waals surface area (Å²) in [5.74, 6) is 0. The first-order valence-electron chi connectivity index (χ1n) is 6.71. The molecule has 0 bridgehead atoms. The van der Waals surface area contributed by atoms with E-state index in [1.165, 1.54) is 19.2 Å². The molecule has 0 fully saturated rings. The number of hydrogen-bond acceptors (Lipinski definition) is 6. The lowest BCUT2D eigenvalue weighted by Crippen LogP contribution is -2.39. The number of amides is 1. The van der Waals surface area contributed by atoms with E-state index in [2.05, 4.69) is 14.8 Å². The van der Waals surface area contributed by atoms with Crippen LogP contribution in [0.4, 0.5) is 4.79 Å². The minimum atomic E-state index is -4.11. The Morgan fingerprint density at radius 3 is 2.43 bits per heavy atom. The number of methoxy groups -OCH3 is 1. The highest BCUT2D eigenvalue weighted by Crippen LogP contribution is 2.13. The average molecular weight is 342 g/mol. The number of nitrogens with zero attached hydrogens (tertiary/aromatic N) is 2. The van der Waals surface area contributed by atoms with Crippen molar-refractivity contribution in [2.75, 3.05) is 7.11 Å². The van der Waals surface area contributed by atoms with Crippen molar-refractivity contribution in [1.29, 1.82) is 0 Å². The number of hydrogen-bond donors (Lipinski definition) is 2. The third kappa shape index (κ3) is 4.19. The average Bonchev–Trinajstić information content (AvgIpc) is 2.90. The standard InChI is InChI=1S/C11H12N4O5S.C2H6/c1-7-5-3-4-6-8(7)21(18,19)14-11(17)15-10(16)12-9(13-15)20-2;1-2/h3-6H,1-2H3,(H,14,17)(H,12,13,16);1-2H3. The van der Waals surface area contributed by atoms with Gasteiger partial charge in [-0.1, -0.05) is 32.0 Å². The highest BCUT2D eigenvalue weighted by molar-refractivity contribution is 7.90. The summed E-state index contributed by atoms with van der Waals surface area (Å²) in [6.45, 7) is 5.59. The van der Waals surface area contributed by atoms with Crippen LogP contribution in [0.1, 0.15) is 19.4 Å². The first kappa shape index (κ1) is 18.4. The Kier molecular flexibility index (Phi) is 6.08. The van der Waals surface area contributed by atoms with Crippen LogP contribution >= 0.6 is 0 Å². The van der Waals surface area contributed by atoms with E-state index in [-0.39, 0.29) is 10.9 Å². The number of nitrogens with one attached hydrogen (secondary N) is 2. The van der Waals surface area contributed by atoms with Crippen LogP contribution in [-0.4, -0.2) is 36.3 Å². The van der Waals surface area contributed by atoms with Crippen LogP contribution in [0.2, 0.25) is 0 Å². The maximum atomic E-state index is 12.1. The quantitative estimate of drug-likeness (QED) is 0.853. The van der Waals surface area contributed by atoms with Crippen LogP contribution < -0.4 is 15.1 Å². The van der Waals surface area contributed by atoms with Gasteiger partial charge < -0.3 is 4.74 Å². The maximum Gasteiger partial charge on any atom is 0.360 e. The van der Waals surface area contributed by atoms with Crippen LogP contribution in [0, 0.1) is 6.92 Å². The number of aromatic nitrogens is 3. The molecule has 0 aliphatic carbocycles. The van der Waals surface area contributed by atoms with Crippen LogP contribution in [0.25, 0.3) is 0 Å². The van der Waals surface area contributed by atoms with E-state index in [0.717, 1.165) is 0 Å². The number of carbonyl (C=O) groups excluding carboxylic acids is 1. The highest BCUT2D eigenvalue weighted by atomic mass is 32.2. The van der Waals surface area contributed by atoms with Crippen molar-refractivity contribution in [3.05, 3.63) is 40.3 Å². The molecule has 2 N–H and O–H groups in total. The Labute approximate surface area is 133 Å². The normalized spacial score (nSPS) is 10.4. The van der Waals surface area contributed by atoms with Gasteiger partial charge in [-0.3, -0.25) is 4.98 Å². The van der Waals surface area contributed by atoms with E-state index >= 15 is 0 Å². The van der Waals surface area contributed by atoms with Gasteiger partial charge in [-0.2, -0.15) is 0 Å². The summed E-state index contributed by atoms with van der Waals surface area (Å²) in [5.41, 5.74) is -0.450. The smallest absolute Gasteiger partial charge is 0.360 e. The molecule has 0 saturated heterocycles. The molecule has 0 aliphatic heterocycles. The van der Waals surface area contributed by atoms with E-state index in [1.54, 1.807) is 23.8 Å². The summed E-state index contributed by atoms with van der Waals surface area (Å²) in [6, 6.07) is 4.71. The number of aromatic amines is 1. The molecule has 1 amide bonds. The molecule has 0 spiro atoms. The van der Waals surface area contributed by atoms with Gasteiger partial charge >= 0.3 is 17.7 Å². The number of rotatable bonds is 3. The molecule has 10 heteroatoms. The Hall–Kier alpha value is -2.62. The van der Waals surface area contributed by atoms with E-state index in [0.29, 0.717) is 10.2 Å². The summed E-state index contributed by atoms with van der Waals surface area (Å²) in [5, 5.41) is 3.48. The Bertz CT molecular complexity index is 838. The van der Waals surface area contributed by atoms with Gasteiger partial charge in [0.25, 0.3) is 10.0 Å². The van der Waals surface area contributed by atoms with Crippen LogP contribution in [0.3, 0.4) is 0 Å². The van der Waals surface area contributed by atoms with Gasteiger partial charge in [-0.25, -0.2) is 22.7 Å². The summed E-state index contributed by atoms with van der Waals surface area (Å²) >= 11 is 0. The third-order valence-electron chi connectivity index (χ3n) is 2.59. The lowest BCUT2D eigenvalue weighted by molar-refractivity contribution is 0.243. The molecular formula is C13H18N4O5S. The first-order valence-corrected chi connectivity index (χ1v) is 8.19. The Morgan fingerprint density at radius 1 is 1.30 bits per heavy atom. The highest BCUT2D eigenvalue weighted by Gasteiger charge is 2.22. The SMILES string of the molecule is CC.COc1nn(C(=O)NS(=O)(=O)c2ccccc2C)c(=O)[nH]1. The second-order valence-corrected chi connectivity index (χ2v) is 5.68. The van der Waals surface area contributed by atoms with Crippen molar-refractivity contribution in [3.63, 3.8) is 0 Å². The molecule has 0 saturated carbocycles. The van der Waals surface area contributed by atoms with Crippen molar-refractivity contribution >= 4 is 16.1 Å². The minimum absolute atomic E-state index is 0.0612. The van der Waals surface area contributed by atoms with Gasteiger partial charge in [0.2, 0.25) is 0 Å². The number of benzene rings is 1. The number of H-pyrrole nitrogens is 1. The summed E-state index contributed by atoms with van der Waals surface area (Å²) < 4.78 is 31.0. The van der Waals surface area contributed by atoms with Gasteiger partial charge in [-0.05, 0) is 18.6 Å². The predicted octanol–water partition coefficient (Wildman–Crippen LogP) is 0.861. The lowest BCUT2D eigenvalue weighted by atomic mass is 10.2. The Morgan fingerprint density at radius 2 is 1.91 bits per heavy atom. The molecule has 1 aromatic carbocycles. The van der Waals surface area contributed by atoms with E-state index in [4.69, 9.17) is 0 Å². The van der Waals surface area contributed by atoms with Gasteiger partial charge in [0.1, 0.15) is 0 Å². The second kappa shape index (κ2) is 7.58. The van der Waals surface area contributed by atoms with Crippen molar-refractivity contribution in [3.8, 4) is 6.01 Å². The molecule has 1 aromatic heterocycles. The largest absolute Gasteiger partial charge is 0.467 e. The zero-order valence-corrected chi connectivity index (χ0v) is 14.0. The topological polar surface area (TPSA) is 123 Å². The van der Waals surface area contributed by atoms with Gasteiger partial charge in [0.15, 0.2) is 0 Å². The van der Waals surface area contributed by atoms with Crippen LogP contribution in [-0.2, 0) is 10.0 Å². The van der Waals surface area contributed by atoms with Crippen LogP contribution in [0.15, 0.2) is 34.0 Å². The number of ether oxygens (including phenoxy) is 1. The van der Waals surface area contributed by atoms with Crippen molar-refractivity contribution in [1.82, 2.24) is 19.5 Å². The molecule has 2 rings (SSSR count). The zero-order valence-electron chi connectivity index (χ0n) is 13.2. The molecule has 2 aromatic rings. The van der Waals surface area contributed by atoms with E-state index < -0.39 is 21.7 Å². The van der Waals surface area contributed by atoms with E-state index in [1.807, 2.05) is 13.8 Å². The minimum Gasteiger partial charge on any atom is -0.467 e. The molecule has 0 aliphatic rings. The number of sulfonamides is 1. The fourth-order valence-corrected chi connectivity index (χ4v) is 2.78. The van der Waals surface area contributed by atoms with Crippen molar-refractivity contribution < 1.29 is 17.9 Å². The van der Waals surface area contributed by atoms with Gasteiger partial charge in [0.05, 0.1) is 12.0 Å². The monoisotopic (exact) mass is 342 g/mol. The second-order valence-electron chi connectivity index (χ2n) is 4.03. The fraction of sp³-hybridized carbons (Fsp3) is 0.308. The van der Waals surface area contributed by atoms with Crippen molar-refractivity contribution in [2.24, 2.45) is 0 Å². The van der Waals surface area contributed by atoms with Crippen LogP contribution in [0.5, 0.6) is 6.01 Å². The number of carbonyl (C=O) groups is 1. The molecule has 0 atom stereocenters. The Balaban J connectivity index is 0.00000127.